The largest absolute Gasteiger partial charge is 0.481 e. The highest BCUT2D eigenvalue weighted by molar-refractivity contribution is 5.76. The van der Waals surface area contributed by atoms with Crippen molar-refractivity contribution in [1.82, 2.24) is 5.32 Å². The van der Waals surface area contributed by atoms with Crippen LogP contribution in [-0.4, -0.2) is 73.9 Å². The number of primary amides is 2. The summed E-state index contributed by atoms with van der Waals surface area (Å²) in [5.74, 6) is -1.70. The van der Waals surface area contributed by atoms with Crippen molar-refractivity contribution >= 4 is 30.7 Å². The van der Waals surface area contributed by atoms with Gasteiger partial charge in [-0.1, -0.05) is 90.9 Å². The number of carbonyl (C=O) groups excluding carboxylic acids is 3. The quantitative estimate of drug-likeness (QED) is 0.0654. The number of hydrogen-bond acceptors (Lipinski definition) is 7. The summed E-state index contributed by atoms with van der Waals surface area (Å²) in [4.78, 5) is 49.4. The Morgan fingerprint density at radius 2 is 0.881 bits per heavy atom. The molecule has 7 N–H and O–H groups in total. The number of carboxylic acid groups (broad SMARTS) is 2. The average molecular weight is 608 g/mol. The summed E-state index contributed by atoms with van der Waals surface area (Å²) in [6.07, 6.45) is 18.4. The standard InChI is InChI=1S/C26H49NO7.C2H6.2CH3NO/c28-24(16-15-18-26(31)32)27-19-21-34-23-22-33-20-14-12-10-8-6-4-2-1-3-5-7-9-11-13-17-25(29)30;1-2;2*2-1-3/h1-23H2,(H,27,28)(H,29,30)(H,31,32);1-2H3;2*1H,(H2,2,3). The molecule has 0 aliphatic heterocycles. The molecular formula is C30H61N3O9. The molecule has 0 saturated carbocycles. The van der Waals surface area contributed by atoms with Crippen LogP contribution < -0.4 is 16.8 Å². The first-order valence-corrected chi connectivity index (χ1v) is 15.5. The molecule has 0 spiro atoms. The fourth-order valence-corrected chi connectivity index (χ4v) is 3.67. The van der Waals surface area contributed by atoms with Crippen LogP contribution in [0.5, 0.6) is 0 Å². The Morgan fingerprint density at radius 1 is 0.548 bits per heavy atom. The smallest absolute Gasteiger partial charge is 0.303 e. The summed E-state index contributed by atoms with van der Waals surface area (Å²) in [5.41, 5.74) is 8.33. The lowest BCUT2D eigenvalue weighted by molar-refractivity contribution is -0.138. The van der Waals surface area contributed by atoms with E-state index in [1.807, 2.05) is 13.8 Å². The Morgan fingerprint density at radius 3 is 1.29 bits per heavy atom. The molecule has 0 aromatic rings. The van der Waals surface area contributed by atoms with Crippen LogP contribution in [-0.2, 0) is 33.4 Å². The summed E-state index contributed by atoms with van der Waals surface area (Å²) in [7, 11) is 0. The Bertz CT molecular complexity index is 588. The molecule has 0 bridgehead atoms. The summed E-state index contributed by atoms with van der Waals surface area (Å²) < 4.78 is 11.0. The normalized spacial score (nSPS) is 9.57. The van der Waals surface area contributed by atoms with Crippen LogP contribution in [0, 0.1) is 0 Å². The first-order valence-electron chi connectivity index (χ1n) is 15.5. The number of rotatable bonds is 27. The molecule has 12 nitrogen and oxygen atoms in total. The highest BCUT2D eigenvalue weighted by Gasteiger charge is 2.03. The maximum Gasteiger partial charge on any atom is 0.303 e. The maximum absolute atomic E-state index is 11.5. The third kappa shape index (κ3) is 57.2. The van der Waals surface area contributed by atoms with E-state index in [0.29, 0.717) is 39.2 Å². The minimum atomic E-state index is -0.880. The van der Waals surface area contributed by atoms with E-state index in [9.17, 15) is 14.4 Å². The second-order valence-corrected chi connectivity index (χ2v) is 9.19. The molecule has 42 heavy (non-hydrogen) atoms. The SMILES string of the molecule is CC.NC=O.NC=O.O=C(O)CCCCCCCCCCCCCCCCOCCOCCNC(=O)CCCC(=O)O. The Hall–Kier alpha value is -2.73. The number of aliphatic carboxylic acids is 2. The van der Waals surface area contributed by atoms with E-state index in [-0.39, 0.29) is 31.6 Å². The van der Waals surface area contributed by atoms with Crippen LogP contribution in [0.15, 0.2) is 0 Å². The molecule has 0 rings (SSSR count). The zero-order valence-corrected chi connectivity index (χ0v) is 26.3. The molecule has 0 aliphatic rings. The van der Waals surface area contributed by atoms with E-state index in [1.165, 1.54) is 70.6 Å². The molecule has 0 heterocycles. The summed E-state index contributed by atoms with van der Waals surface area (Å²) in [6, 6.07) is 0. The van der Waals surface area contributed by atoms with Crippen molar-refractivity contribution in [1.29, 1.82) is 0 Å². The lowest BCUT2D eigenvalue weighted by Crippen LogP contribution is -2.27. The molecule has 0 aromatic carbocycles. The maximum atomic E-state index is 11.5. The molecule has 0 atom stereocenters. The first kappa shape index (κ1) is 46.2. The predicted octanol–water partition coefficient (Wildman–Crippen LogP) is 4.56. The van der Waals surface area contributed by atoms with Gasteiger partial charge in [0.25, 0.3) is 0 Å². The van der Waals surface area contributed by atoms with Gasteiger partial charge < -0.3 is 36.5 Å². The van der Waals surface area contributed by atoms with Gasteiger partial charge in [0.2, 0.25) is 18.7 Å². The molecular weight excluding hydrogens is 546 g/mol. The van der Waals surface area contributed by atoms with E-state index < -0.39 is 11.9 Å². The molecule has 0 fully saturated rings. The second-order valence-electron chi connectivity index (χ2n) is 9.19. The monoisotopic (exact) mass is 607 g/mol. The minimum Gasteiger partial charge on any atom is -0.481 e. The molecule has 250 valence electrons. The summed E-state index contributed by atoms with van der Waals surface area (Å²) >= 11 is 0. The van der Waals surface area contributed by atoms with Crippen LogP contribution in [0.3, 0.4) is 0 Å². The molecule has 0 unspecified atom stereocenters. The van der Waals surface area contributed by atoms with Gasteiger partial charge >= 0.3 is 11.9 Å². The highest BCUT2D eigenvalue weighted by atomic mass is 16.5. The Balaban J connectivity index is -0.000000808. The van der Waals surface area contributed by atoms with Gasteiger partial charge in [-0.25, -0.2) is 0 Å². The number of nitrogens with two attached hydrogens (primary N) is 2. The Labute approximate surface area is 253 Å². The summed E-state index contributed by atoms with van der Waals surface area (Å²) in [6.45, 7) is 6.71. The minimum absolute atomic E-state index is 0.0169. The zero-order valence-electron chi connectivity index (χ0n) is 26.3. The number of amides is 3. The molecule has 0 saturated heterocycles. The number of ether oxygens (including phenoxy) is 2. The van der Waals surface area contributed by atoms with Crippen molar-refractivity contribution in [2.24, 2.45) is 11.5 Å². The topological polar surface area (TPSA) is 208 Å². The van der Waals surface area contributed by atoms with Crippen LogP contribution in [0.1, 0.15) is 129 Å². The van der Waals surface area contributed by atoms with E-state index in [1.54, 1.807) is 0 Å². The summed E-state index contributed by atoms with van der Waals surface area (Å²) in [5, 5.41) is 19.8. The van der Waals surface area contributed by atoms with E-state index in [2.05, 4.69) is 16.8 Å². The van der Waals surface area contributed by atoms with Crippen molar-refractivity contribution in [3.63, 3.8) is 0 Å². The van der Waals surface area contributed by atoms with Gasteiger partial charge in [0.1, 0.15) is 0 Å². The van der Waals surface area contributed by atoms with E-state index in [0.717, 1.165) is 25.9 Å². The molecule has 12 heteroatoms. The van der Waals surface area contributed by atoms with Crippen molar-refractivity contribution < 1.29 is 43.7 Å². The lowest BCUT2D eigenvalue weighted by atomic mass is 10.0. The number of carbonyl (C=O) groups is 5. The molecule has 0 aromatic heterocycles. The van der Waals surface area contributed by atoms with Gasteiger partial charge in [-0.05, 0) is 19.3 Å². The van der Waals surface area contributed by atoms with Crippen LogP contribution in [0.2, 0.25) is 0 Å². The number of hydrogen-bond donors (Lipinski definition) is 5. The number of carboxylic acids is 2. The fourth-order valence-electron chi connectivity index (χ4n) is 3.67. The van der Waals surface area contributed by atoms with Crippen LogP contribution >= 0.6 is 0 Å². The van der Waals surface area contributed by atoms with Crippen molar-refractivity contribution in [3.8, 4) is 0 Å². The molecule has 3 amide bonds. The third-order valence-corrected chi connectivity index (χ3v) is 5.66. The molecule has 0 aliphatic carbocycles. The van der Waals surface area contributed by atoms with Crippen molar-refractivity contribution in [2.75, 3.05) is 33.0 Å². The predicted molar refractivity (Wildman–Crippen MR) is 165 cm³/mol. The third-order valence-electron chi connectivity index (χ3n) is 5.66. The lowest BCUT2D eigenvalue weighted by Gasteiger charge is -2.07. The van der Waals surface area contributed by atoms with Gasteiger partial charge in [-0.3, -0.25) is 24.0 Å². The van der Waals surface area contributed by atoms with Crippen LogP contribution in [0.25, 0.3) is 0 Å². The zero-order chi connectivity index (χ0) is 32.5. The van der Waals surface area contributed by atoms with Gasteiger partial charge in [0.15, 0.2) is 0 Å². The van der Waals surface area contributed by atoms with Crippen molar-refractivity contribution in [3.05, 3.63) is 0 Å². The molecule has 0 radical (unpaired) electrons. The van der Waals surface area contributed by atoms with Gasteiger partial charge in [0, 0.05) is 32.4 Å². The average Bonchev–Trinajstić information content (AvgIpc) is 2.95. The highest BCUT2D eigenvalue weighted by Crippen LogP contribution is 2.13. The van der Waals surface area contributed by atoms with Gasteiger partial charge in [-0.15, -0.1) is 0 Å². The van der Waals surface area contributed by atoms with Crippen molar-refractivity contribution in [2.45, 2.75) is 129 Å². The van der Waals surface area contributed by atoms with Crippen LogP contribution in [0.4, 0.5) is 0 Å². The van der Waals surface area contributed by atoms with E-state index in [4.69, 9.17) is 29.3 Å². The number of unbranched alkanes of at least 4 members (excludes halogenated alkanes) is 13. The Kier molecular flexibility index (Phi) is 49.8. The second kappa shape index (κ2) is 45.3. The van der Waals surface area contributed by atoms with E-state index >= 15 is 0 Å². The fraction of sp³-hybridized carbons (Fsp3) is 0.833. The first-order chi connectivity index (χ1) is 20.3. The van der Waals surface area contributed by atoms with Gasteiger partial charge in [0.05, 0.1) is 19.8 Å². The number of nitrogens with one attached hydrogen (secondary N) is 1. The van der Waals surface area contributed by atoms with Gasteiger partial charge in [-0.2, -0.15) is 0 Å².